The molecule has 0 fully saturated rings. The molecule has 2 aromatic heterocycles. The standard InChI is InChI=1S/C20H20N4OS/c1-24-19(17-7-4-10-21-12-17)22-23-20(24)26-13-18(25)16-9-8-14-5-2-3-6-15(14)11-16/h4,7-12H,2-3,5-6,13H2,1H3. The molecular formula is C20H20N4OS. The van der Waals surface area contributed by atoms with Gasteiger partial charge in [-0.2, -0.15) is 0 Å². The second-order valence-electron chi connectivity index (χ2n) is 6.51. The monoisotopic (exact) mass is 364 g/mol. The van der Waals surface area contributed by atoms with Gasteiger partial charge in [0.1, 0.15) is 0 Å². The Balaban J connectivity index is 1.46. The Hall–Kier alpha value is -2.47. The van der Waals surface area contributed by atoms with Gasteiger partial charge in [-0.25, -0.2) is 0 Å². The molecule has 0 amide bonds. The van der Waals surface area contributed by atoms with Crippen molar-refractivity contribution in [2.75, 3.05) is 5.75 Å². The highest BCUT2D eigenvalue weighted by atomic mass is 32.2. The molecule has 0 aliphatic heterocycles. The Morgan fingerprint density at radius 2 is 2.00 bits per heavy atom. The normalized spacial score (nSPS) is 13.4. The van der Waals surface area contributed by atoms with Crippen LogP contribution in [-0.2, 0) is 19.9 Å². The van der Waals surface area contributed by atoms with Gasteiger partial charge in [0, 0.05) is 30.6 Å². The first-order valence-electron chi connectivity index (χ1n) is 8.80. The average molecular weight is 364 g/mol. The number of aryl methyl sites for hydroxylation is 2. The fraction of sp³-hybridized carbons (Fsp3) is 0.300. The molecule has 1 aliphatic rings. The lowest BCUT2D eigenvalue weighted by molar-refractivity contribution is 0.102. The average Bonchev–Trinajstić information content (AvgIpc) is 3.07. The molecule has 2 heterocycles. The molecule has 0 saturated heterocycles. The van der Waals surface area contributed by atoms with Crippen LogP contribution in [0.25, 0.3) is 11.4 Å². The first-order chi connectivity index (χ1) is 12.7. The van der Waals surface area contributed by atoms with E-state index in [4.69, 9.17) is 0 Å². The smallest absolute Gasteiger partial charge is 0.191 e. The third-order valence-electron chi connectivity index (χ3n) is 4.76. The molecule has 1 aromatic carbocycles. The number of nitrogens with zero attached hydrogens (tertiary/aromatic N) is 4. The minimum Gasteiger partial charge on any atom is -0.305 e. The van der Waals surface area contributed by atoms with Crippen molar-refractivity contribution in [2.45, 2.75) is 30.8 Å². The molecule has 0 atom stereocenters. The molecule has 0 radical (unpaired) electrons. The van der Waals surface area contributed by atoms with E-state index in [-0.39, 0.29) is 5.78 Å². The summed E-state index contributed by atoms with van der Waals surface area (Å²) in [5.74, 6) is 1.24. The summed E-state index contributed by atoms with van der Waals surface area (Å²) in [5, 5.41) is 9.19. The summed E-state index contributed by atoms with van der Waals surface area (Å²) in [6, 6.07) is 9.98. The van der Waals surface area contributed by atoms with E-state index in [0.717, 1.165) is 34.9 Å². The van der Waals surface area contributed by atoms with Crippen molar-refractivity contribution in [1.29, 1.82) is 0 Å². The van der Waals surface area contributed by atoms with Crippen LogP contribution in [0, 0.1) is 0 Å². The molecule has 0 unspecified atom stereocenters. The van der Waals surface area contributed by atoms with Crippen molar-refractivity contribution in [3.8, 4) is 11.4 Å². The Morgan fingerprint density at radius 1 is 1.15 bits per heavy atom. The van der Waals surface area contributed by atoms with Gasteiger partial charge in [-0.05, 0) is 55.0 Å². The van der Waals surface area contributed by atoms with E-state index in [0.29, 0.717) is 5.75 Å². The molecular weight excluding hydrogens is 344 g/mol. The molecule has 5 nitrogen and oxygen atoms in total. The van der Waals surface area contributed by atoms with Crippen molar-refractivity contribution < 1.29 is 4.79 Å². The van der Waals surface area contributed by atoms with Gasteiger partial charge in [-0.3, -0.25) is 9.78 Å². The number of ketones is 1. The van der Waals surface area contributed by atoms with Crippen molar-refractivity contribution in [2.24, 2.45) is 7.05 Å². The van der Waals surface area contributed by atoms with Gasteiger partial charge in [0.2, 0.25) is 0 Å². The van der Waals surface area contributed by atoms with E-state index >= 15 is 0 Å². The second kappa shape index (κ2) is 7.41. The van der Waals surface area contributed by atoms with E-state index in [1.165, 1.54) is 35.7 Å². The van der Waals surface area contributed by atoms with E-state index in [1.54, 1.807) is 12.4 Å². The third-order valence-corrected chi connectivity index (χ3v) is 5.78. The zero-order chi connectivity index (χ0) is 17.9. The van der Waals surface area contributed by atoms with E-state index < -0.39 is 0 Å². The quantitative estimate of drug-likeness (QED) is 0.510. The molecule has 3 aromatic rings. The maximum Gasteiger partial charge on any atom is 0.191 e. The lowest BCUT2D eigenvalue weighted by Gasteiger charge is -2.16. The fourth-order valence-electron chi connectivity index (χ4n) is 3.31. The molecule has 132 valence electrons. The van der Waals surface area contributed by atoms with Crippen LogP contribution in [0.15, 0.2) is 47.9 Å². The predicted molar refractivity (Wildman–Crippen MR) is 102 cm³/mol. The first kappa shape index (κ1) is 17.0. The number of carbonyl (C=O) groups excluding carboxylic acids is 1. The number of carbonyl (C=O) groups is 1. The summed E-state index contributed by atoms with van der Waals surface area (Å²) >= 11 is 1.42. The highest BCUT2D eigenvalue weighted by Crippen LogP contribution is 2.25. The van der Waals surface area contributed by atoms with Gasteiger partial charge >= 0.3 is 0 Å². The maximum absolute atomic E-state index is 12.6. The second-order valence-corrected chi connectivity index (χ2v) is 7.45. The summed E-state index contributed by atoms with van der Waals surface area (Å²) in [6.07, 6.45) is 8.18. The number of Topliss-reactive ketones (excluding diaryl/α,β-unsaturated/α-hetero) is 1. The highest BCUT2D eigenvalue weighted by molar-refractivity contribution is 7.99. The van der Waals surface area contributed by atoms with Crippen molar-refractivity contribution in [3.63, 3.8) is 0 Å². The van der Waals surface area contributed by atoms with E-state index in [9.17, 15) is 4.79 Å². The molecule has 1 aliphatic carbocycles. The van der Waals surface area contributed by atoms with Crippen LogP contribution in [0.1, 0.15) is 34.3 Å². The van der Waals surface area contributed by atoms with Crippen LogP contribution in [0.4, 0.5) is 0 Å². The SMILES string of the molecule is Cn1c(SCC(=O)c2ccc3c(c2)CCCC3)nnc1-c1cccnc1. The molecule has 0 saturated carbocycles. The van der Waals surface area contributed by atoms with Gasteiger partial charge < -0.3 is 4.57 Å². The summed E-state index contributed by atoms with van der Waals surface area (Å²) in [5.41, 5.74) is 4.45. The van der Waals surface area contributed by atoms with Gasteiger partial charge in [0.05, 0.1) is 5.75 Å². The van der Waals surface area contributed by atoms with Crippen LogP contribution < -0.4 is 0 Å². The van der Waals surface area contributed by atoms with Crippen molar-refractivity contribution in [3.05, 3.63) is 59.4 Å². The predicted octanol–water partition coefficient (Wildman–Crippen LogP) is 3.73. The number of hydrogen-bond donors (Lipinski definition) is 0. The van der Waals surface area contributed by atoms with Crippen molar-refractivity contribution >= 4 is 17.5 Å². The van der Waals surface area contributed by atoms with Crippen LogP contribution in [0.2, 0.25) is 0 Å². The first-order valence-corrected chi connectivity index (χ1v) is 9.78. The van der Waals surface area contributed by atoms with E-state index in [2.05, 4.69) is 27.3 Å². The molecule has 6 heteroatoms. The molecule has 26 heavy (non-hydrogen) atoms. The number of rotatable bonds is 5. The molecule has 0 spiro atoms. The van der Waals surface area contributed by atoms with E-state index in [1.807, 2.05) is 29.8 Å². The lowest BCUT2D eigenvalue weighted by Crippen LogP contribution is -2.08. The number of pyridine rings is 1. The van der Waals surface area contributed by atoms with Gasteiger partial charge in [-0.1, -0.05) is 23.9 Å². The van der Waals surface area contributed by atoms with Crippen LogP contribution in [-0.4, -0.2) is 31.3 Å². The number of fused-ring (bicyclic) bond motifs is 1. The zero-order valence-corrected chi connectivity index (χ0v) is 15.5. The maximum atomic E-state index is 12.6. The number of hydrogen-bond acceptors (Lipinski definition) is 5. The van der Waals surface area contributed by atoms with Crippen molar-refractivity contribution in [1.82, 2.24) is 19.7 Å². The summed E-state index contributed by atoms with van der Waals surface area (Å²) < 4.78 is 1.90. The minimum absolute atomic E-state index is 0.134. The summed E-state index contributed by atoms with van der Waals surface area (Å²) in [6.45, 7) is 0. The zero-order valence-electron chi connectivity index (χ0n) is 14.7. The topological polar surface area (TPSA) is 60.7 Å². The Kier molecular flexibility index (Phi) is 4.84. The number of aromatic nitrogens is 4. The Labute approximate surface area is 156 Å². The number of thioether (sulfide) groups is 1. The molecule has 0 bridgehead atoms. The minimum atomic E-state index is 0.134. The third kappa shape index (κ3) is 3.42. The van der Waals surface area contributed by atoms with Crippen LogP contribution in [0.5, 0.6) is 0 Å². The Morgan fingerprint density at radius 3 is 2.81 bits per heavy atom. The van der Waals surface area contributed by atoms with Gasteiger partial charge in [0.25, 0.3) is 0 Å². The fourth-order valence-corrected chi connectivity index (χ4v) is 4.11. The van der Waals surface area contributed by atoms with Gasteiger partial charge in [-0.15, -0.1) is 10.2 Å². The van der Waals surface area contributed by atoms with Crippen LogP contribution >= 0.6 is 11.8 Å². The summed E-state index contributed by atoms with van der Waals surface area (Å²) in [7, 11) is 1.91. The molecule has 0 N–H and O–H groups in total. The lowest BCUT2D eigenvalue weighted by atomic mass is 9.90. The Bertz CT molecular complexity index is 936. The van der Waals surface area contributed by atoms with Gasteiger partial charge in [0.15, 0.2) is 16.8 Å². The highest BCUT2D eigenvalue weighted by Gasteiger charge is 2.16. The largest absolute Gasteiger partial charge is 0.305 e. The summed E-state index contributed by atoms with van der Waals surface area (Å²) in [4.78, 5) is 16.7. The molecule has 4 rings (SSSR count). The number of benzene rings is 1. The van der Waals surface area contributed by atoms with Crippen LogP contribution in [0.3, 0.4) is 0 Å².